The van der Waals surface area contributed by atoms with E-state index >= 15 is 0 Å². The van der Waals surface area contributed by atoms with Crippen LogP contribution in [0.3, 0.4) is 0 Å². The van der Waals surface area contributed by atoms with Crippen molar-refractivity contribution in [1.29, 1.82) is 0 Å². The van der Waals surface area contributed by atoms with Gasteiger partial charge in [-0.25, -0.2) is 4.98 Å². The van der Waals surface area contributed by atoms with Crippen molar-refractivity contribution < 1.29 is 9.90 Å². The number of hydrogen-bond donors (Lipinski definition) is 2. The summed E-state index contributed by atoms with van der Waals surface area (Å²) in [5.74, 6) is -0.586. The molecule has 0 atom stereocenters. The maximum Gasteiger partial charge on any atom is 0.257 e. The minimum absolute atomic E-state index is 0.184. The lowest BCUT2D eigenvalue weighted by Gasteiger charge is -2.05. The third kappa shape index (κ3) is 2.81. The number of aromatic hydroxyl groups is 1. The van der Waals surface area contributed by atoms with Gasteiger partial charge in [0.2, 0.25) is 5.88 Å². The lowest BCUT2D eigenvalue weighted by atomic mass is 10.2. The smallest absolute Gasteiger partial charge is 0.257 e. The van der Waals surface area contributed by atoms with Gasteiger partial charge >= 0.3 is 0 Å². The molecule has 4 nitrogen and oxygen atoms in total. The zero-order valence-corrected chi connectivity index (χ0v) is 9.13. The van der Waals surface area contributed by atoms with Gasteiger partial charge in [-0.2, -0.15) is 0 Å². The van der Waals surface area contributed by atoms with Gasteiger partial charge in [0, 0.05) is 12.7 Å². The van der Waals surface area contributed by atoms with Crippen LogP contribution in [0.1, 0.15) is 15.9 Å². The molecule has 2 aromatic rings. The van der Waals surface area contributed by atoms with Crippen LogP contribution in [-0.4, -0.2) is 16.0 Å². The lowest BCUT2D eigenvalue weighted by molar-refractivity contribution is 0.0947. The summed E-state index contributed by atoms with van der Waals surface area (Å²) in [6.07, 6.45) is 1.43. The van der Waals surface area contributed by atoms with E-state index < -0.39 is 0 Å². The Labute approximate surface area is 98.9 Å². The summed E-state index contributed by atoms with van der Waals surface area (Å²) in [5.41, 5.74) is 1.19. The summed E-state index contributed by atoms with van der Waals surface area (Å²) in [6.45, 7) is 0.425. The number of benzene rings is 1. The van der Waals surface area contributed by atoms with Crippen LogP contribution in [0.5, 0.6) is 5.88 Å². The Morgan fingerprint density at radius 2 is 1.94 bits per heavy atom. The topological polar surface area (TPSA) is 62.2 Å². The average Bonchev–Trinajstić information content (AvgIpc) is 2.38. The summed E-state index contributed by atoms with van der Waals surface area (Å²) in [5, 5.41) is 12.1. The molecule has 86 valence electrons. The van der Waals surface area contributed by atoms with Crippen molar-refractivity contribution in [3.05, 3.63) is 59.8 Å². The van der Waals surface area contributed by atoms with E-state index in [0.29, 0.717) is 6.54 Å². The molecule has 1 aromatic carbocycles. The molecule has 0 saturated carbocycles. The number of carbonyl (C=O) groups excluding carboxylic acids is 1. The Kier molecular flexibility index (Phi) is 3.35. The highest BCUT2D eigenvalue weighted by atomic mass is 16.3. The van der Waals surface area contributed by atoms with Crippen LogP contribution < -0.4 is 5.32 Å². The SMILES string of the molecule is O=C(NCc1ccccc1)c1cccnc1O. The van der Waals surface area contributed by atoms with Gasteiger partial charge in [0.25, 0.3) is 5.91 Å². The third-order valence-electron chi connectivity index (χ3n) is 2.33. The van der Waals surface area contributed by atoms with Gasteiger partial charge in [0.15, 0.2) is 0 Å². The molecule has 0 aliphatic rings. The van der Waals surface area contributed by atoms with Gasteiger partial charge in [-0.15, -0.1) is 0 Å². The molecule has 0 spiro atoms. The van der Waals surface area contributed by atoms with Crippen LogP contribution in [0.4, 0.5) is 0 Å². The molecule has 0 aliphatic heterocycles. The standard InChI is InChI=1S/C13H12N2O2/c16-12-11(7-4-8-14-12)13(17)15-9-10-5-2-1-3-6-10/h1-8H,9H2,(H,14,16)(H,15,17). The molecule has 0 bridgehead atoms. The fourth-order valence-corrected chi connectivity index (χ4v) is 1.45. The van der Waals surface area contributed by atoms with Crippen molar-refractivity contribution in [2.75, 3.05) is 0 Å². The summed E-state index contributed by atoms with van der Waals surface area (Å²) < 4.78 is 0. The zero-order valence-electron chi connectivity index (χ0n) is 9.13. The number of nitrogens with zero attached hydrogens (tertiary/aromatic N) is 1. The second-order valence-electron chi connectivity index (χ2n) is 3.54. The van der Waals surface area contributed by atoms with Crippen LogP contribution in [0, 0.1) is 0 Å². The Hall–Kier alpha value is -2.36. The number of carbonyl (C=O) groups is 1. The first kappa shape index (κ1) is 11.1. The van der Waals surface area contributed by atoms with Crippen LogP contribution >= 0.6 is 0 Å². The van der Waals surface area contributed by atoms with Gasteiger partial charge in [-0.05, 0) is 17.7 Å². The first-order chi connectivity index (χ1) is 8.27. The van der Waals surface area contributed by atoms with E-state index in [0.717, 1.165) is 5.56 Å². The normalized spacial score (nSPS) is 9.88. The first-order valence-corrected chi connectivity index (χ1v) is 5.23. The highest BCUT2D eigenvalue weighted by Crippen LogP contribution is 2.11. The number of pyridine rings is 1. The molecular formula is C13H12N2O2. The minimum atomic E-state index is -0.334. The fourth-order valence-electron chi connectivity index (χ4n) is 1.45. The largest absolute Gasteiger partial charge is 0.493 e. The van der Waals surface area contributed by atoms with Crippen molar-refractivity contribution >= 4 is 5.91 Å². The predicted molar refractivity (Wildman–Crippen MR) is 63.5 cm³/mol. The Bertz CT molecular complexity index is 512. The maximum atomic E-state index is 11.7. The van der Waals surface area contributed by atoms with Gasteiger partial charge in [0.05, 0.1) is 0 Å². The van der Waals surface area contributed by atoms with Crippen LogP contribution in [0.2, 0.25) is 0 Å². The Balaban J connectivity index is 2.01. The molecule has 4 heteroatoms. The van der Waals surface area contributed by atoms with E-state index in [1.807, 2.05) is 30.3 Å². The second-order valence-corrected chi connectivity index (χ2v) is 3.54. The van der Waals surface area contributed by atoms with Gasteiger partial charge in [-0.3, -0.25) is 4.79 Å². The number of rotatable bonds is 3. The van der Waals surface area contributed by atoms with Crippen LogP contribution in [0.25, 0.3) is 0 Å². The highest BCUT2D eigenvalue weighted by molar-refractivity contribution is 5.96. The Morgan fingerprint density at radius 3 is 2.65 bits per heavy atom. The zero-order chi connectivity index (χ0) is 12.1. The van der Waals surface area contributed by atoms with E-state index in [1.165, 1.54) is 12.3 Å². The van der Waals surface area contributed by atoms with E-state index in [4.69, 9.17) is 0 Å². The molecule has 2 rings (SSSR count). The Morgan fingerprint density at radius 1 is 1.18 bits per heavy atom. The molecule has 1 amide bonds. The summed E-state index contributed by atoms with van der Waals surface area (Å²) in [6, 6.07) is 12.7. The number of hydrogen-bond acceptors (Lipinski definition) is 3. The number of nitrogens with one attached hydrogen (secondary N) is 1. The predicted octanol–water partition coefficient (Wildman–Crippen LogP) is 1.72. The van der Waals surface area contributed by atoms with Crippen molar-refractivity contribution in [3.63, 3.8) is 0 Å². The second kappa shape index (κ2) is 5.12. The molecule has 0 fully saturated rings. The summed E-state index contributed by atoms with van der Waals surface area (Å²) >= 11 is 0. The summed E-state index contributed by atoms with van der Waals surface area (Å²) in [7, 11) is 0. The van der Waals surface area contributed by atoms with Crippen molar-refractivity contribution in [2.45, 2.75) is 6.54 Å². The number of aromatic nitrogens is 1. The van der Waals surface area contributed by atoms with Crippen molar-refractivity contribution in [3.8, 4) is 5.88 Å². The summed E-state index contributed by atoms with van der Waals surface area (Å²) in [4.78, 5) is 15.4. The lowest BCUT2D eigenvalue weighted by Crippen LogP contribution is -2.22. The van der Waals surface area contributed by atoms with E-state index in [9.17, 15) is 9.90 Å². The fraction of sp³-hybridized carbons (Fsp3) is 0.0769. The van der Waals surface area contributed by atoms with Crippen LogP contribution in [-0.2, 0) is 6.54 Å². The molecule has 0 saturated heterocycles. The maximum absolute atomic E-state index is 11.7. The van der Waals surface area contributed by atoms with E-state index in [1.54, 1.807) is 6.07 Å². The number of amides is 1. The highest BCUT2D eigenvalue weighted by Gasteiger charge is 2.10. The van der Waals surface area contributed by atoms with Crippen molar-refractivity contribution in [2.24, 2.45) is 0 Å². The minimum Gasteiger partial charge on any atom is -0.493 e. The molecule has 0 aliphatic carbocycles. The molecule has 0 radical (unpaired) electrons. The van der Waals surface area contributed by atoms with Crippen molar-refractivity contribution in [1.82, 2.24) is 10.3 Å². The molecule has 1 heterocycles. The van der Waals surface area contributed by atoms with Gasteiger partial charge < -0.3 is 10.4 Å². The molecular weight excluding hydrogens is 216 g/mol. The average molecular weight is 228 g/mol. The molecule has 17 heavy (non-hydrogen) atoms. The monoisotopic (exact) mass is 228 g/mol. The third-order valence-corrected chi connectivity index (χ3v) is 2.33. The first-order valence-electron chi connectivity index (χ1n) is 5.23. The van der Waals surface area contributed by atoms with Gasteiger partial charge in [0.1, 0.15) is 5.56 Å². The van der Waals surface area contributed by atoms with Crippen LogP contribution in [0.15, 0.2) is 48.7 Å². The molecule has 1 aromatic heterocycles. The van der Waals surface area contributed by atoms with Gasteiger partial charge in [-0.1, -0.05) is 30.3 Å². The molecule has 0 unspecified atom stereocenters. The van der Waals surface area contributed by atoms with E-state index in [-0.39, 0.29) is 17.4 Å². The van der Waals surface area contributed by atoms with E-state index in [2.05, 4.69) is 10.3 Å². The quantitative estimate of drug-likeness (QED) is 0.840. The molecule has 2 N–H and O–H groups in total.